The maximum absolute atomic E-state index is 12.3. The fraction of sp³-hybridized carbons (Fsp3) is 0.533. The van der Waals surface area contributed by atoms with E-state index in [1.807, 2.05) is 52.0 Å². The summed E-state index contributed by atoms with van der Waals surface area (Å²) in [5.74, 6) is -0.0174. The number of carbonyl (C=O) groups excluding carboxylic acids is 1. The molecular formula is C15H24Cl2N2O. The van der Waals surface area contributed by atoms with Crippen LogP contribution in [0.2, 0.25) is 5.02 Å². The van der Waals surface area contributed by atoms with E-state index in [0.29, 0.717) is 11.6 Å². The lowest BCUT2D eigenvalue weighted by Gasteiger charge is -2.24. The molecule has 1 amide bonds. The maximum atomic E-state index is 12.3. The Kier molecular flexibility index (Phi) is 7.56. The third kappa shape index (κ3) is 6.12. The van der Waals surface area contributed by atoms with Gasteiger partial charge in [-0.3, -0.25) is 4.79 Å². The van der Waals surface area contributed by atoms with Gasteiger partial charge < -0.3 is 11.1 Å². The summed E-state index contributed by atoms with van der Waals surface area (Å²) in [6.07, 6.45) is 0. The number of hydrogen-bond acceptors (Lipinski definition) is 2. The van der Waals surface area contributed by atoms with Crippen LogP contribution in [0.5, 0.6) is 0 Å². The van der Waals surface area contributed by atoms with Crippen molar-refractivity contribution >= 4 is 29.9 Å². The molecule has 1 unspecified atom stereocenters. The van der Waals surface area contributed by atoms with E-state index < -0.39 is 5.54 Å². The normalized spacial score (nSPS) is 12.8. The summed E-state index contributed by atoms with van der Waals surface area (Å²) in [4.78, 5) is 12.3. The highest BCUT2D eigenvalue weighted by molar-refractivity contribution is 6.30. The predicted octanol–water partition coefficient (Wildman–Crippen LogP) is 3.35. The molecule has 3 nitrogen and oxygen atoms in total. The van der Waals surface area contributed by atoms with Crippen molar-refractivity contribution in [3.05, 3.63) is 34.9 Å². The average Bonchev–Trinajstić information content (AvgIpc) is 2.25. The van der Waals surface area contributed by atoms with Crippen LogP contribution >= 0.6 is 24.0 Å². The lowest BCUT2D eigenvalue weighted by molar-refractivity contribution is -0.123. The van der Waals surface area contributed by atoms with E-state index in [-0.39, 0.29) is 30.2 Å². The van der Waals surface area contributed by atoms with Gasteiger partial charge in [-0.05, 0) is 37.5 Å². The Morgan fingerprint density at radius 3 is 2.45 bits per heavy atom. The first-order chi connectivity index (χ1) is 8.70. The topological polar surface area (TPSA) is 55.1 Å². The quantitative estimate of drug-likeness (QED) is 0.874. The molecule has 1 rings (SSSR count). The van der Waals surface area contributed by atoms with Gasteiger partial charge >= 0.3 is 0 Å². The van der Waals surface area contributed by atoms with Crippen molar-refractivity contribution in [2.45, 2.75) is 39.2 Å². The van der Waals surface area contributed by atoms with Gasteiger partial charge in [0.25, 0.3) is 0 Å². The Morgan fingerprint density at radius 1 is 1.40 bits per heavy atom. The summed E-state index contributed by atoms with van der Waals surface area (Å²) in [5, 5.41) is 3.56. The number of nitrogens with two attached hydrogens (primary N) is 1. The smallest absolute Gasteiger partial charge is 0.227 e. The molecule has 0 saturated heterocycles. The molecule has 1 atom stereocenters. The highest BCUT2D eigenvalue weighted by Crippen LogP contribution is 2.26. The summed E-state index contributed by atoms with van der Waals surface area (Å²) in [7, 11) is 0. The molecular weight excluding hydrogens is 295 g/mol. The Morgan fingerprint density at radius 2 is 2.00 bits per heavy atom. The summed E-state index contributed by atoms with van der Waals surface area (Å²) < 4.78 is 0. The first kappa shape index (κ1) is 19.2. The van der Waals surface area contributed by atoms with E-state index in [1.54, 1.807) is 0 Å². The standard InChI is InChI=1S/C15H23ClN2O.ClH/c1-10(2)13(11-6-5-7-12(16)8-11)14(19)18-9-15(3,4)17;/h5-8,10,13H,9,17H2,1-4H3,(H,18,19);1H. The molecule has 0 aromatic heterocycles. The van der Waals surface area contributed by atoms with E-state index in [2.05, 4.69) is 5.32 Å². The highest BCUT2D eigenvalue weighted by atomic mass is 35.5. The number of amides is 1. The van der Waals surface area contributed by atoms with Crippen molar-refractivity contribution in [1.82, 2.24) is 5.32 Å². The maximum Gasteiger partial charge on any atom is 0.227 e. The first-order valence-corrected chi connectivity index (χ1v) is 6.90. The van der Waals surface area contributed by atoms with E-state index in [4.69, 9.17) is 17.3 Å². The second-order valence-electron chi connectivity index (χ2n) is 5.98. The first-order valence-electron chi connectivity index (χ1n) is 6.53. The number of carbonyl (C=O) groups is 1. The molecule has 0 aliphatic heterocycles. The van der Waals surface area contributed by atoms with Crippen LogP contribution in [0, 0.1) is 5.92 Å². The van der Waals surface area contributed by atoms with Crippen LogP contribution in [-0.4, -0.2) is 18.0 Å². The zero-order chi connectivity index (χ0) is 14.6. The number of benzene rings is 1. The van der Waals surface area contributed by atoms with Gasteiger partial charge in [0, 0.05) is 17.1 Å². The zero-order valence-corrected chi connectivity index (χ0v) is 14.0. The molecule has 0 fully saturated rings. The minimum Gasteiger partial charge on any atom is -0.354 e. The molecule has 1 aromatic rings. The van der Waals surface area contributed by atoms with E-state index in [1.165, 1.54) is 0 Å². The third-order valence-corrected chi connectivity index (χ3v) is 3.11. The Hall–Kier alpha value is -0.770. The number of rotatable bonds is 5. The van der Waals surface area contributed by atoms with E-state index in [0.717, 1.165) is 5.56 Å². The fourth-order valence-electron chi connectivity index (χ4n) is 1.96. The van der Waals surface area contributed by atoms with Crippen LogP contribution in [0.15, 0.2) is 24.3 Å². The minimum atomic E-state index is -0.411. The number of hydrogen-bond donors (Lipinski definition) is 2. The summed E-state index contributed by atoms with van der Waals surface area (Å²) in [6.45, 7) is 8.28. The molecule has 0 spiro atoms. The Balaban J connectivity index is 0.00000361. The van der Waals surface area contributed by atoms with Crippen molar-refractivity contribution in [2.75, 3.05) is 6.54 Å². The van der Waals surface area contributed by atoms with Crippen LogP contribution in [0.4, 0.5) is 0 Å². The van der Waals surface area contributed by atoms with Gasteiger partial charge in [-0.2, -0.15) is 0 Å². The second-order valence-corrected chi connectivity index (χ2v) is 6.42. The van der Waals surface area contributed by atoms with Crippen LogP contribution < -0.4 is 11.1 Å². The molecule has 20 heavy (non-hydrogen) atoms. The molecule has 0 aliphatic carbocycles. The molecule has 0 bridgehead atoms. The second kappa shape index (κ2) is 7.87. The summed E-state index contributed by atoms with van der Waals surface area (Å²) in [6, 6.07) is 7.46. The van der Waals surface area contributed by atoms with Crippen molar-refractivity contribution < 1.29 is 4.79 Å². The molecule has 0 heterocycles. The van der Waals surface area contributed by atoms with Crippen molar-refractivity contribution in [1.29, 1.82) is 0 Å². The van der Waals surface area contributed by atoms with Crippen molar-refractivity contribution in [2.24, 2.45) is 11.7 Å². The Bertz CT molecular complexity index is 442. The molecule has 5 heteroatoms. The molecule has 0 saturated carbocycles. The molecule has 114 valence electrons. The van der Waals surface area contributed by atoms with E-state index >= 15 is 0 Å². The minimum absolute atomic E-state index is 0. The van der Waals surface area contributed by atoms with Crippen molar-refractivity contribution in [3.63, 3.8) is 0 Å². The highest BCUT2D eigenvalue weighted by Gasteiger charge is 2.25. The van der Waals surface area contributed by atoms with Gasteiger partial charge in [-0.15, -0.1) is 12.4 Å². The van der Waals surface area contributed by atoms with Crippen molar-refractivity contribution in [3.8, 4) is 0 Å². The molecule has 0 aliphatic rings. The third-order valence-electron chi connectivity index (χ3n) is 2.88. The van der Waals surface area contributed by atoms with Gasteiger partial charge in [0.05, 0.1) is 5.92 Å². The summed E-state index contributed by atoms with van der Waals surface area (Å²) >= 11 is 6.00. The summed E-state index contributed by atoms with van der Waals surface area (Å²) in [5.41, 5.74) is 6.42. The predicted molar refractivity (Wildman–Crippen MR) is 87.6 cm³/mol. The molecule has 1 aromatic carbocycles. The lowest BCUT2D eigenvalue weighted by Crippen LogP contribution is -2.46. The van der Waals surface area contributed by atoms with Gasteiger partial charge in [0.1, 0.15) is 0 Å². The lowest BCUT2D eigenvalue weighted by atomic mass is 9.87. The number of nitrogens with one attached hydrogen (secondary N) is 1. The van der Waals surface area contributed by atoms with Gasteiger partial charge in [0.2, 0.25) is 5.91 Å². The molecule has 3 N–H and O–H groups in total. The van der Waals surface area contributed by atoms with Gasteiger partial charge in [-0.1, -0.05) is 37.6 Å². The van der Waals surface area contributed by atoms with Crippen LogP contribution in [0.1, 0.15) is 39.2 Å². The van der Waals surface area contributed by atoms with Gasteiger partial charge in [0.15, 0.2) is 0 Å². The zero-order valence-electron chi connectivity index (χ0n) is 12.4. The van der Waals surface area contributed by atoms with Crippen LogP contribution in [0.3, 0.4) is 0 Å². The fourth-order valence-corrected chi connectivity index (χ4v) is 2.16. The van der Waals surface area contributed by atoms with Gasteiger partial charge in [-0.25, -0.2) is 0 Å². The van der Waals surface area contributed by atoms with Crippen LogP contribution in [0.25, 0.3) is 0 Å². The number of halogens is 2. The largest absolute Gasteiger partial charge is 0.354 e. The molecule has 0 radical (unpaired) electrons. The Labute approximate surface area is 132 Å². The van der Waals surface area contributed by atoms with Crippen LogP contribution in [-0.2, 0) is 4.79 Å². The monoisotopic (exact) mass is 318 g/mol. The average molecular weight is 319 g/mol. The SMILES string of the molecule is CC(C)C(C(=O)NCC(C)(C)N)c1cccc(Cl)c1.Cl. The van der Waals surface area contributed by atoms with E-state index in [9.17, 15) is 4.79 Å².